The second-order valence-corrected chi connectivity index (χ2v) is 7.88. The minimum Gasteiger partial charge on any atom is -0.486 e. The average Bonchev–Trinajstić information content (AvgIpc) is 2.88. The molecule has 182 valence electrons. The van der Waals surface area contributed by atoms with Gasteiger partial charge in [-0.25, -0.2) is 4.79 Å². The number of rotatable bonds is 8. The number of nitrogen functional groups attached to an aromatic ring is 1. The number of anilines is 3. The summed E-state index contributed by atoms with van der Waals surface area (Å²) in [6.45, 7) is 1.47. The maximum absolute atomic E-state index is 13.0. The number of amides is 3. The lowest BCUT2D eigenvalue weighted by atomic mass is 10.2. The van der Waals surface area contributed by atoms with Crippen molar-refractivity contribution < 1.29 is 24.2 Å². The number of benzene rings is 2. The molecule has 2 aromatic carbocycles. The third kappa shape index (κ3) is 6.18. The van der Waals surface area contributed by atoms with Gasteiger partial charge >= 0.3 is 6.03 Å². The third-order valence-corrected chi connectivity index (χ3v) is 5.31. The monoisotopic (exact) mass is 477 g/mol. The number of aromatic nitrogens is 1. The minimum atomic E-state index is -0.386. The van der Waals surface area contributed by atoms with Crippen molar-refractivity contribution in [2.24, 2.45) is 0 Å². The number of urea groups is 1. The van der Waals surface area contributed by atoms with E-state index in [1.165, 1.54) is 0 Å². The SMILES string of the molecule is Nc1ccccc1NC(=O)c1ccc(CN(CCCO)C(=O)Nc2ccc3c(c2)OCCO3)cn1. The van der Waals surface area contributed by atoms with Crippen molar-refractivity contribution in [3.05, 3.63) is 72.1 Å². The highest BCUT2D eigenvalue weighted by molar-refractivity contribution is 6.04. The number of aliphatic hydroxyl groups excluding tert-OH is 1. The molecule has 3 amide bonds. The van der Waals surface area contributed by atoms with E-state index in [1.807, 2.05) is 0 Å². The molecule has 1 aromatic heterocycles. The van der Waals surface area contributed by atoms with E-state index in [-0.39, 0.29) is 30.8 Å². The lowest BCUT2D eigenvalue weighted by Gasteiger charge is -2.24. The summed E-state index contributed by atoms with van der Waals surface area (Å²) >= 11 is 0. The molecule has 3 aromatic rings. The molecule has 0 spiro atoms. The Morgan fingerprint density at radius 3 is 2.57 bits per heavy atom. The molecule has 0 aliphatic carbocycles. The Balaban J connectivity index is 1.41. The zero-order valence-electron chi connectivity index (χ0n) is 19.1. The highest BCUT2D eigenvalue weighted by atomic mass is 16.6. The van der Waals surface area contributed by atoms with Gasteiger partial charge in [-0.3, -0.25) is 9.78 Å². The second kappa shape index (κ2) is 11.2. The third-order valence-electron chi connectivity index (χ3n) is 5.31. The molecule has 10 nitrogen and oxygen atoms in total. The summed E-state index contributed by atoms with van der Waals surface area (Å²) in [5, 5.41) is 14.9. The van der Waals surface area contributed by atoms with Gasteiger partial charge in [0.2, 0.25) is 0 Å². The van der Waals surface area contributed by atoms with Crippen LogP contribution in [-0.4, -0.2) is 53.3 Å². The number of para-hydroxylation sites is 2. The van der Waals surface area contributed by atoms with Crippen molar-refractivity contribution in [3.8, 4) is 11.5 Å². The summed E-state index contributed by atoms with van der Waals surface area (Å²) in [5.74, 6) is 0.825. The molecule has 2 heterocycles. The van der Waals surface area contributed by atoms with Crippen LogP contribution in [-0.2, 0) is 6.54 Å². The van der Waals surface area contributed by atoms with Crippen LogP contribution in [0, 0.1) is 0 Å². The van der Waals surface area contributed by atoms with Gasteiger partial charge in [0.25, 0.3) is 5.91 Å². The normalized spacial score (nSPS) is 12.0. The fourth-order valence-corrected chi connectivity index (χ4v) is 3.51. The maximum Gasteiger partial charge on any atom is 0.322 e. The van der Waals surface area contributed by atoms with E-state index in [9.17, 15) is 14.7 Å². The Morgan fingerprint density at radius 1 is 1.03 bits per heavy atom. The van der Waals surface area contributed by atoms with Gasteiger partial charge in [-0.05, 0) is 42.3 Å². The molecule has 0 bridgehead atoms. The van der Waals surface area contributed by atoms with Crippen molar-refractivity contribution in [1.29, 1.82) is 0 Å². The zero-order valence-corrected chi connectivity index (χ0v) is 19.1. The Labute approximate surface area is 202 Å². The van der Waals surface area contributed by atoms with Gasteiger partial charge in [0, 0.05) is 37.6 Å². The van der Waals surface area contributed by atoms with E-state index in [1.54, 1.807) is 65.7 Å². The molecule has 4 rings (SSSR count). The van der Waals surface area contributed by atoms with Crippen LogP contribution in [0.2, 0.25) is 0 Å². The van der Waals surface area contributed by atoms with Crippen molar-refractivity contribution in [2.45, 2.75) is 13.0 Å². The van der Waals surface area contributed by atoms with Gasteiger partial charge in [-0.15, -0.1) is 0 Å². The number of nitrogens with one attached hydrogen (secondary N) is 2. The van der Waals surface area contributed by atoms with Gasteiger partial charge < -0.3 is 35.8 Å². The van der Waals surface area contributed by atoms with Gasteiger partial charge in [-0.1, -0.05) is 18.2 Å². The Hall–Kier alpha value is -4.31. The van der Waals surface area contributed by atoms with Gasteiger partial charge in [0.05, 0.1) is 11.4 Å². The predicted octanol–water partition coefficient (Wildman–Crippen LogP) is 3.10. The Kier molecular flexibility index (Phi) is 7.63. The first-order valence-corrected chi connectivity index (χ1v) is 11.2. The summed E-state index contributed by atoms with van der Waals surface area (Å²) in [6, 6.07) is 15.2. The van der Waals surface area contributed by atoms with Crippen LogP contribution >= 0.6 is 0 Å². The number of ether oxygens (including phenoxy) is 2. The largest absolute Gasteiger partial charge is 0.486 e. The molecule has 0 unspecified atom stereocenters. The van der Waals surface area contributed by atoms with Crippen LogP contribution in [0.4, 0.5) is 21.9 Å². The number of fused-ring (bicyclic) bond motifs is 1. The summed E-state index contributed by atoms with van der Waals surface area (Å²) in [5.41, 5.74) is 8.36. The summed E-state index contributed by atoms with van der Waals surface area (Å²) in [4.78, 5) is 31.3. The van der Waals surface area contributed by atoms with Crippen molar-refractivity contribution >= 4 is 29.0 Å². The molecule has 35 heavy (non-hydrogen) atoms. The lowest BCUT2D eigenvalue weighted by Crippen LogP contribution is -2.35. The molecule has 10 heteroatoms. The standard InChI is InChI=1S/C25H27N5O5/c26-19-4-1-2-5-20(19)29-24(32)21-8-6-17(15-27-21)16-30(10-3-11-31)25(33)28-18-7-9-22-23(14-18)35-13-12-34-22/h1-2,4-9,14-15,31H,3,10-13,16,26H2,(H,28,33)(H,29,32). The Morgan fingerprint density at radius 2 is 1.83 bits per heavy atom. The summed E-state index contributed by atoms with van der Waals surface area (Å²) < 4.78 is 11.1. The smallest absolute Gasteiger partial charge is 0.322 e. The van der Waals surface area contributed by atoms with Crippen LogP contribution in [0.25, 0.3) is 0 Å². The first kappa shape index (κ1) is 23.8. The number of hydrogen-bond donors (Lipinski definition) is 4. The number of nitrogens with two attached hydrogens (primary N) is 1. The number of carbonyl (C=O) groups is 2. The molecule has 0 saturated heterocycles. The van der Waals surface area contributed by atoms with Crippen molar-refractivity contribution in [1.82, 2.24) is 9.88 Å². The van der Waals surface area contributed by atoms with Crippen LogP contribution in [0.5, 0.6) is 11.5 Å². The first-order valence-electron chi connectivity index (χ1n) is 11.2. The molecule has 0 atom stereocenters. The van der Waals surface area contributed by atoms with Crippen LogP contribution in [0.3, 0.4) is 0 Å². The number of nitrogens with zero attached hydrogens (tertiary/aromatic N) is 2. The van der Waals surface area contributed by atoms with E-state index in [2.05, 4.69) is 15.6 Å². The number of aliphatic hydroxyl groups is 1. The van der Waals surface area contributed by atoms with Crippen LogP contribution in [0.15, 0.2) is 60.8 Å². The van der Waals surface area contributed by atoms with E-state index in [0.29, 0.717) is 54.7 Å². The molecule has 1 aliphatic heterocycles. The molecule has 0 fully saturated rings. The fraction of sp³-hybridized carbons (Fsp3) is 0.240. The van der Waals surface area contributed by atoms with Crippen molar-refractivity contribution in [2.75, 3.05) is 42.7 Å². The minimum absolute atomic E-state index is 0.0478. The molecule has 0 radical (unpaired) electrons. The number of carbonyl (C=O) groups excluding carboxylic acids is 2. The molecule has 5 N–H and O–H groups in total. The van der Waals surface area contributed by atoms with E-state index in [4.69, 9.17) is 15.2 Å². The number of pyridine rings is 1. The highest BCUT2D eigenvalue weighted by Gasteiger charge is 2.17. The Bertz CT molecular complexity index is 1190. The lowest BCUT2D eigenvalue weighted by molar-refractivity contribution is 0.102. The average molecular weight is 478 g/mol. The quantitative estimate of drug-likeness (QED) is 0.366. The van der Waals surface area contributed by atoms with E-state index < -0.39 is 0 Å². The van der Waals surface area contributed by atoms with Crippen LogP contribution in [0.1, 0.15) is 22.5 Å². The van der Waals surface area contributed by atoms with Crippen LogP contribution < -0.4 is 25.8 Å². The summed E-state index contributed by atoms with van der Waals surface area (Å²) in [6.07, 6.45) is 1.97. The second-order valence-electron chi connectivity index (χ2n) is 7.88. The van der Waals surface area contributed by atoms with Gasteiger partial charge in [0.1, 0.15) is 18.9 Å². The number of hydrogen-bond acceptors (Lipinski definition) is 7. The first-order chi connectivity index (χ1) is 17.0. The zero-order chi connectivity index (χ0) is 24.6. The van der Waals surface area contributed by atoms with E-state index in [0.717, 1.165) is 5.56 Å². The molecular formula is C25H27N5O5. The van der Waals surface area contributed by atoms with Gasteiger partial charge in [0.15, 0.2) is 11.5 Å². The molecule has 1 aliphatic rings. The predicted molar refractivity (Wildman–Crippen MR) is 132 cm³/mol. The fourth-order valence-electron chi connectivity index (χ4n) is 3.51. The van der Waals surface area contributed by atoms with Crippen molar-refractivity contribution in [3.63, 3.8) is 0 Å². The van der Waals surface area contributed by atoms with Gasteiger partial charge in [-0.2, -0.15) is 0 Å². The molecule has 0 saturated carbocycles. The maximum atomic E-state index is 13.0. The topological polar surface area (TPSA) is 139 Å². The van der Waals surface area contributed by atoms with E-state index >= 15 is 0 Å². The summed E-state index contributed by atoms with van der Waals surface area (Å²) in [7, 11) is 0. The molecular weight excluding hydrogens is 450 g/mol. The highest BCUT2D eigenvalue weighted by Crippen LogP contribution is 2.32.